The molecule has 0 saturated carbocycles. The molecule has 1 N–H and O–H groups in total. The highest BCUT2D eigenvalue weighted by Gasteiger charge is 2.42. The Bertz CT molecular complexity index is 3060. The number of fused-ring (bicyclic) bond motifs is 3. The quantitative estimate of drug-likeness (QED) is 0.177. The van der Waals surface area contributed by atoms with Crippen molar-refractivity contribution in [3.05, 3.63) is 196 Å². The molecule has 10 heteroatoms. The average Bonchev–Trinajstić information content (AvgIpc) is 3.56. The van der Waals surface area contributed by atoms with Crippen LogP contribution in [0.25, 0.3) is 50.0 Å². The van der Waals surface area contributed by atoms with Gasteiger partial charge in [-0.3, -0.25) is 0 Å². The van der Waals surface area contributed by atoms with E-state index in [4.69, 9.17) is 9.98 Å². The molecule has 0 fully saturated rings. The standard InChI is InChI=1S/C49H34F6N4/c1-29-23-30(2)25-34(24-29)33-17-22-44-40(26-33)39-15-9-10-16-43(39)59(44)36-19-21-37(38-20-18-35(48(50,51)52)27-42(38)49(53,54)55)41(28-36)47-57-45(31-11-5-3-6-12-31)56-46(58-47)32-13-7-4-8-14-32/h3-19,21-28H,20H2,1-2H3,(H,56,57,58). The summed E-state index contributed by atoms with van der Waals surface area (Å²) in [4.78, 5) is 9.74. The molecule has 0 radical (unpaired) electrons. The molecular formula is C49H34F6N4. The first kappa shape index (κ1) is 37.6. The molecular weight excluding hydrogens is 759 g/mol. The molecule has 1 aliphatic carbocycles. The van der Waals surface area contributed by atoms with Gasteiger partial charge in [-0.15, -0.1) is 0 Å². The average molecular weight is 793 g/mol. The van der Waals surface area contributed by atoms with E-state index < -0.39 is 29.9 Å². The van der Waals surface area contributed by atoms with Crippen molar-refractivity contribution in [3.8, 4) is 16.8 Å². The van der Waals surface area contributed by atoms with Gasteiger partial charge in [0.1, 0.15) is 11.7 Å². The molecule has 59 heavy (non-hydrogen) atoms. The van der Waals surface area contributed by atoms with Gasteiger partial charge < -0.3 is 9.88 Å². The van der Waals surface area contributed by atoms with E-state index in [-0.39, 0.29) is 27.9 Å². The van der Waals surface area contributed by atoms with Gasteiger partial charge in [-0.25, -0.2) is 9.98 Å². The Morgan fingerprint density at radius 1 is 0.559 bits per heavy atom. The second-order valence-electron chi connectivity index (χ2n) is 14.7. The minimum atomic E-state index is -5.09. The van der Waals surface area contributed by atoms with Gasteiger partial charge in [-0.2, -0.15) is 26.3 Å². The molecule has 7 aromatic rings. The summed E-state index contributed by atoms with van der Waals surface area (Å²) in [5.74, 6) is 0.901. The van der Waals surface area contributed by atoms with Crippen molar-refractivity contribution in [1.82, 2.24) is 9.88 Å². The number of alkyl halides is 6. The molecule has 4 nitrogen and oxygen atoms in total. The zero-order chi connectivity index (χ0) is 41.1. The minimum Gasteiger partial charge on any atom is -0.324 e. The fourth-order valence-electron chi connectivity index (χ4n) is 8.01. The van der Waals surface area contributed by atoms with Gasteiger partial charge in [0, 0.05) is 32.8 Å². The van der Waals surface area contributed by atoms with Crippen molar-refractivity contribution in [3.63, 3.8) is 0 Å². The number of nitrogens with one attached hydrogen (secondary N) is 1. The minimum absolute atomic E-state index is 0.0839. The van der Waals surface area contributed by atoms with Crippen molar-refractivity contribution < 1.29 is 26.3 Å². The molecule has 0 bridgehead atoms. The van der Waals surface area contributed by atoms with Crippen LogP contribution in [-0.2, 0) is 0 Å². The molecule has 6 aromatic carbocycles. The smallest absolute Gasteiger partial charge is 0.324 e. The number of aliphatic imine (C=N–C) groups is 2. The van der Waals surface area contributed by atoms with Gasteiger partial charge >= 0.3 is 12.4 Å². The number of aromatic nitrogens is 1. The van der Waals surface area contributed by atoms with E-state index in [0.29, 0.717) is 28.5 Å². The van der Waals surface area contributed by atoms with Gasteiger partial charge in [0.15, 0.2) is 5.84 Å². The van der Waals surface area contributed by atoms with Crippen LogP contribution in [0.2, 0.25) is 0 Å². The second-order valence-corrected chi connectivity index (χ2v) is 14.7. The van der Waals surface area contributed by atoms with Crippen LogP contribution < -0.4 is 15.8 Å². The number of halogens is 6. The number of amidine groups is 2. The van der Waals surface area contributed by atoms with E-state index in [0.717, 1.165) is 50.1 Å². The van der Waals surface area contributed by atoms with Gasteiger partial charge in [0.05, 0.1) is 22.2 Å². The van der Waals surface area contributed by atoms with Crippen molar-refractivity contribution in [2.24, 2.45) is 9.98 Å². The predicted octanol–water partition coefficient (Wildman–Crippen LogP) is 11.2. The lowest BCUT2D eigenvalue weighted by atomic mass is 9.90. The predicted molar refractivity (Wildman–Crippen MR) is 224 cm³/mol. The summed E-state index contributed by atoms with van der Waals surface area (Å²) in [6.07, 6.45) is -9.65. The van der Waals surface area contributed by atoms with Crippen LogP contribution in [0.5, 0.6) is 0 Å². The molecule has 2 aliphatic rings. The fourth-order valence-corrected chi connectivity index (χ4v) is 8.01. The first-order valence-corrected chi connectivity index (χ1v) is 18.9. The Labute approximate surface area is 335 Å². The summed E-state index contributed by atoms with van der Waals surface area (Å²) < 4.78 is 88.4. The summed E-state index contributed by atoms with van der Waals surface area (Å²) in [5.41, 5.74) is 5.10. The zero-order valence-corrected chi connectivity index (χ0v) is 31.8. The number of nitrogens with zero attached hydrogens (tertiary/aromatic N) is 3. The lowest BCUT2D eigenvalue weighted by molar-refractivity contribution is -0.0938. The van der Waals surface area contributed by atoms with E-state index >= 15 is 0 Å². The van der Waals surface area contributed by atoms with E-state index in [2.05, 4.69) is 49.5 Å². The normalized spacial score (nSPS) is 16.7. The van der Waals surface area contributed by atoms with Gasteiger partial charge in [0.2, 0.25) is 0 Å². The third-order valence-electron chi connectivity index (χ3n) is 10.6. The largest absolute Gasteiger partial charge is 0.416 e. The molecule has 0 atom stereocenters. The number of benzene rings is 6. The van der Waals surface area contributed by atoms with Crippen molar-refractivity contribution in [2.45, 2.75) is 32.6 Å². The number of hydrogen-bond acceptors (Lipinski definition) is 3. The van der Waals surface area contributed by atoms with Crippen molar-refractivity contribution >= 4 is 44.9 Å². The Hall–Kier alpha value is -6.94. The topological polar surface area (TPSA) is 41.7 Å². The molecule has 1 aliphatic heterocycles. The van der Waals surface area contributed by atoms with Gasteiger partial charge in [0.25, 0.3) is 0 Å². The van der Waals surface area contributed by atoms with Crippen molar-refractivity contribution in [1.29, 1.82) is 0 Å². The van der Waals surface area contributed by atoms with Gasteiger partial charge in [-0.1, -0.05) is 126 Å². The summed E-state index contributed by atoms with van der Waals surface area (Å²) in [5, 5.41) is 5.58. The van der Waals surface area contributed by atoms with Crippen LogP contribution in [0.15, 0.2) is 173 Å². The van der Waals surface area contributed by atoms with Gasteiger partial charge in [-0.05, 0) is 78.6 Å². The highest BCUT2D eigenvalue weighted by Crippen LogP contribution is 2.41. The number of aryl methyl sites for hydroxylation is 2. The van der Waals surface area contributed by atoms with Crippen LogP contribution in [0.4, 0.5) is 26.3 Å². The molecule has 2 heterocycles. The maximum Gasteiger partial charge on any atom is 0.416 e. The summed E-state index contributed by atoms with van der Waals surface area (Å²) >= 11 is 0. The lowest BCUT2D eigenvalue weighted by Gasteiger charge is -2.22. The molecule has 292 valence electrons. The summed E-state index contributed by atoms with van der Waals surface area (Å²) in [7, 11) is 0. The fraction of sp³-hybridized carbons (Fsp3) is 0.102. The van der Waals surface area contributed by atoms with E-state index in [1.807, 2.05) is 95.6 Å². The van der Waals surface area contributed by atoms with Crippen LogP contribution in [0.1, 0.15) is 28.7 Å². The summed E-state index contributed by atoms with van der Waals surface area (Å²) in [6.45, 7) is 4.13. The Kier molecular flexibility index (Phi) is 9.22. The van der Waals surface area contributed by atoms with Crippen LogP contribution in [0, 0.1) is 13.8 Å². The second kappa shape index (κ2) is 14.5. The van der Waals surface area contributed by atoms with Crippen molar-refractivity contribution in [2.75, 3.05) is 0 Å². The number of rotatable bonds is 4. The third-order valence-corrected chi connectivity index (χ3v) is 10.6. The first-order chi connectivity index (χ1) is 28.3. The highest BCUT2D eigenvalue weighted by molar-refractivity contribution is 6.16. The Balaban J connectivity index is 1.36. The van der Waals surface area contributed by atoms with Crippen LogP contribution in [-0.4, -0.2) is 28.6 Å². The van der Waals surface area contributed by atoms with E-state index in [9.17, 15) is 26.3 Å². The summed E-state index contributed by atoms with van der Waals surface area (Å²) in [6, 6.07) is 44.0. The Morgan fingerprint density at radius 2 is 1.22 bits per heavy atom. The molecule has 1 aromatic heterocycles. The molecule has 0 amide bonds. The highest BCUT2D eigenvalue weighted by atomic mass is 19.4. The molecule has 9 rings (SSSR count). The molecule has 0 unspecified atom stereocenters. The lowest BCUT2D eigenvalue weighted by Crippen LogP contribution is -2.39. The van der Waals surface area contributed by atoms with E-state index in [1.54, 1.807) is 18.2 Å². The molecule has 0 spiro atoms. The Morgan fingerprint density at radius 3 is 1.92 bits per heavy atom. The van der Waals surface area contributed by atoms with E-state index in [1.165, 1.54) is 0 Å². The molecule has 0 saturated heterocycles. The van der Waals surface area contributed by atoms with Crippen LogP contribution >= 0.6 is 0 Å². The maximum atomic E-state index is 14.9. The SMILES string of the molecule is Cc1cc(C)cc(-c2ccc3c(c2)c2ccccc2n3-c2ccc(=C3CC=C(C(F)(F)F)C=C3C(F)(F)F)c(=C3N=C(c4ccccc4)N=C(c4ccccc4)N3)c2)c1. The number of para-hydroxylation sites is 1. The first-order valence-electron chi connectivity index (χ1n) is 18.9. The number of allylic oxidation sites excluding steroid dienone is 4. The zero-order valence-electron chi connectivity index (χ0n) is 31.8. The maximum absolute atomic E-state index is 14.9. The monoisotopic (exact) mass is 792 g/mol. The van der Waals surface area contributed by atoms with Crippen LogP contribution in [0.3, 0.4) is 0 Å². The number of hydrogen-bond donors (Lipinski definition) is 1. The third kappa shape index (κ3) is 7.15.